The number of H-pyrrole nitrogens is 1. The first kappa shape index (κ1) is 47.9. The lowest BCUT2D eigenvalue weighted by Gasteiger charge is -2.45. The fourth-order valence-electron chi connectivity index (χ4n) is 11.7. The van der Waals surface area contributed by atoms with Gasteiger partial charge in [0.1, 0.15) is 17.8 Å². The van der Waals surface area contributed by atoms with Gasteiger partial charge in [0.05, 0.1) is 27.9 Å². The summed E-state index contributed by atoms with van der Waals surface area (Å²) in [6.07, 6.45) is 7.38. The number of phenolic OH excluding ortho intramolecular Hbond substituents is 1. The van der Waals surface area contributed by atoms with Crippen molar-refractivity contribution in [2.75, 3.05) is 32.7 Å². The van der Waals surface area contributed by atoms with E-state index in [1.54, 1.807) is 17.4 Å². The van der Waals surface area contributed by atoms with E-state index in [1.165, 1.54) is 10.5 Å². The maximum Gasteiger partial charge on any atom is 0.246 e. The molecule has 4 aliphatic rings. The molecule has 3 aliphatic heterocycles. The van der Waals surface area contributed by atoms with Gasteiger partial charge in [-0.05, 0) is 143 Å². The molecule has 4 fully saturated rings. The number of carbonyl (C=O) groups excluding carboxylic acids is 3. The zero-order valence-corrected chi connectivity index (χ0v) is 41.7. The van der Waals surface area contributed by atoms with E-state index in [0.717, 1.165) is 121 Å². The second kappa shape index (κ2) is 20.2. The largest absolute Gasteiger partial charge is 0.507 e. The van der Waals surface area contributed by atoms with Crippen LogP contribution < -0.4 is 10.6 Å². The summed E-state index contributed by atoms with van der Waals surface area (Å²) in [5, 5.41) is 38.4. The van der Waals surface area contributed by atoms with Crippen LogP contribution >= 0.6 is 11.3 Å². The van der Waals surface area contributed by atoms with Gasteiger partial charge in [-0.15, -0.1) is 21.5 Å². The molecule has 0 radical (unpaired) electrons. The number of aromatic nitrogens is 4. The van der Waals surface area contributed by atoms with E-state index in [2.05, 4.69) is 58.8 Å². The number of rotatable bonds is 11. The van der Waals surface area contributed by atoms with Crippen LogP contribution in [0.1, 0.15) is 101 Å². The van der Waals surface area contributed by atoms with Gasteiger partial charge in [-0.2, -0.15) is 0 Å². The van der Waals surface area contributed by atoms with Crippen LogP contribution in [0, 0.1) is 18.3 Å². The molecule has 10 rings (SSSR count). The van der Waals surface area contributed by atoms with Gasteiger partial charge in [0.25, 0.3) is 0 Å². The Bertz CT molecular complexity index is 2830. The summed E-state index contributed by atoms with van der Waals surface area (Å²) in [4.78, 5) is 57.7. The average molecular weight is 966 g/mol. The summed E-state index contributed by atoms with van der Waals surface area (Å²) in [6, 6.07) is 23.4. The third kappa shape index (κ3) is 10.1. The zero-order chi connectivity index (χ0) is 48.7. The smallest absolute Gasteiger partial charge is 0.246 e. The van der Waals surface area contributed by atoms with Crippen LogP contribution in [0.15, 0.2) is 78.3 Å². The van der Waals surface area contributed by atoms with Gasteiger partial charge in [-0.25, -0.2) is 4.98 Å². The normalized spacial score (nSPS) is 22.7. The SMILES string of the molecule is Cc1ncsc1-c1ccc(CNC(=O)[C@@H]2C[C@@H](O)CN2C(=O)[C@@H](NC(=O)[C@H]2CC[C@@H](N3CCC(N4CCC(c5ccc6[nH]c7nnc(-c8ccccc8O)cc7c6c5)CC4)CC3)CC2)C(C)(C)C)cc1. The number of phenols is 1. The second-order valence-electron chi connectivity index (χ2n) is 21.4. The molecule has 6 aromatic rings. The predicted molar refractivity (Wildman–Crippen MR) is 274 cm³/mol. The first-order valence-electron chi connectivity index (χ1n) is 25.4. The Morgan fingerprint density at radius 2 is 1.53 bits per heavy atom. The van der Waals surface area contributed by atoms with E-state index in [1.807, 2.05) is 81.7 Å². The number of hydrogen-bond acceptors (Lipinski definition) is 11. The summed E-state index contributed by atoms with van der Waals surface area (Å²) in [6.45, 7) is 12.5. The van der Waals surface area contributed by atoms with E-state index in [4.69, 9.17) is 0 Å². The number of carbonyl (C=O) groups is 3. The van der Waals surface area contributed by atoms with Gasteiger partial charge in [0.15, 0.2) is 5.65 Å². The number of aromatic hydroxyl groups is 1. The number of piperidine rings is 2. The number of benzene rings is 3. The minimum absolute atomic E-state index is 0.0487. The van der Waals surface area contributed by atoms with E-state index in [9.17, 15) is 24.6 Å². The number of likely N-dealkylation sites (tertiary alicyclic amines) is 3. The lowest BCUT2D eigenvalue weighted by molar-refractivity contribution is -0.144. The van der Waals surface area contributed by atoms with Crippen LogP contribution in [-0.4, -0.2) is 126 Å². The van der Waals surface area contributed by atoms with Crippen LogP contribution in [-0.2, 0) is 20.9 Å². The fraction of sp³-hybridized carbons (Fsp3) is 0.491. The standard InChI is InChI=1S/C55H67N9O5S/c1-33-49(70-32-57-33)36-11-9-34(10-12-36)30-56-53(68)47-28-41(65)31-64(47)54(69)50(55(2,3)4)59-52(67)37-13-16-39(17-14-37)63-25-21-40(22-26-63)62-23-19-35(20-24-62)38-15-18-45-43(27-38)44-29-46(60-61-51(44)58-45)42-7-5-6-8-48(42)66/h5-12,15,18,27,29,32,35,37,39-41,47,50,65-66H,13-14,16-17,19-26,28,30-31H2,1-4H3,(H,56,68)(H,58,61)(H,59,67)/t37-,39+,41-,47+,50-/m1/s1. The Kier molecular flexibility index (Phi) is 13.8. The molecule has 0 unspecified atom stereocenters. The highest BCUT2D eigenvalue weighted by Crippen LogP contribution is 2.37. The predicted octanol–water partition coefficient (Wildman–Crippen LogP) is 7.93. The number of aromatic amines is 1. The number of nitrogens with zero attached hydrogens (tertiary/aromatic N) is 6. The molecule has 0 spiro atoms. The highest BCUT2D eigenvalue weighted by molar-refractivity contribution is 7.13. The molecular formula is C55H67N9O5S. The van der Waals surface area contributed by atoms with Crippen molar-refractivity contribution in [3.8, 4) is 27.4 Å². The molecule has 1 saturated carbocycles. The molecule has 6 heterocycles. The molecule has 3 atom stereocenters. The van der Waals surface area contributed by atoms with Crippen LogP contribution in [0.5, 0.6) is 5.75 Å². The number of thiazole rings is 1. The summed E-state index contributed by atoms with van der Waals surface area (Å²) in [5.74, 6) is -0.216. The molecule has 15 heteroatoms. The molecule has 368 valence electrons. The molecule has 70 heavy (non-hydrogen) atoms. The number of nitrogens with one attached hydrogen (secondary N) is 3. The van der Waals surface area contributed by atoms with Gasteiger partial charge >= 0.3 is 0 Å². The zero-order valence-electron chi connectivity index (χ0n) is 40.9. The Morgan fingerprint density at radius 3 is 2.21 bits per heavy atom. The third-order valence-electron chi connectivity index (χ3n) is 15.9. The Hall–Kier alpha value is -5.74. The maximum atomic E-state index is 14.3. The van der Waals surface area contributed by atoms with Gasteiger partial charge in [0, 0.05) is 59.4 Å². The van der Waals surface area contributed by atoms with Gasteiger partial charge in [-0.1, -0.05) is 63.2 Å². The quantitative estimate of drug-likeness (QED) is 0.0857. The number of fused-ring (bicyclic) bond motifs is 3. The van der Waals surface area contributed by atoms with Crippen molar-refractivity contribution in [2.24, 2.45) is 11.3 Å². The molecule has 5 N–H and O–H groups in total. The minimum atomic E-state index is -0.839. The van der Waals surface area contributed by atoms with Crippen molar-refractivity contribution in [1.29, 1.82) is 0 Å². The lowest BCUT2D eigenvalue weighted by Crippen LogP contribution is -2.58. The van der Waals surface area contributed by atoms with Crippen molar-refractivity contribution in [1.82, 2.24) is 45.5 Å². The van der Waals surface area contributed by atoms with E-state index >= 15 is 0 Å². The molecule has 14 nitrogen and oxygen atoms in total. The van der Waals surface area contributed by atoms with Crippen LogP contribution in [0.25, 0.3) is 43.6 Å². The minimum Gasteiger partial charge on any atom is -0.507 e. The van der Waals surface area contributed by atoms with Crippen LogP contribution in [0.2, 0.25) is 0 Å². The fourth-order valence-corrected chi connectivity index (χ4v) is 12.6. The van der Waals surface area contributed by atoms with Crippen molar-refractivity contribution >= 4 is 51.0 Å². The monoisotopic (exact) mass is 965 g/mol. The first-order chi connectivity index (χ1) is 33.8. The number of hydrogen-bond donors (Lipinski definition) is 5. The molecular weight excluding hydrogens is 899 g/mol. The lowest BCUT2D eigenvalue weighted by atomic mass is 9.82. The highest BCUT2D eigenvalue weighted by Gasteiger charge is 2.45. The second-order valence-corrected chi connectivity index (χ2v) is 22.3. The number of amides is 3. The van der Waals surface area contributed by atoms with E-state index in [0.29, 0.717) is 35.8 Å². The van der Waals surface area contributed by atoms with Crippen molar-refractivity contribution < 1.29 is 24.6 Å². The van der Waals surface area contributed by atoms with E-state index < -0.39 is 23.6 Å². The molecule has 3 saturated heterocycles. The molecule has 0 bridgehead atoms. The highest BCUT2D eigenvalue weighted by atomic mass is 32.1. The molecule has 3 aromatic carbocycles. The van der Waals surface area contributed by atoms with Crippen molar-refractivity contribution in [3.63, 3.8) is 0 Å². The number of para-hydroxylation sites is 1. The molecule has 3 amide bonds. The number of aliphatic hydroxyl groups excluding tert-OH is 1. The maximum absolute atomic E-state index is 14.3. The molecule has 1 aliphatic carbocycles. The van der Waals surface area contributed by atoms with Crippen molar-refractivity contribution in [2.45, 2.75) is 128 Å². The van der Waals surface area contributed by atoms with Crippen LogP contribution in [0.4, 0.5) is 0 Å². The van der Waals surface area contributed by atoms with Gasteiger partial charge in [0.2, 0.25) is 17.7 Å². The summed E-state index contributed by atoms with van der Waals surface area (Å²) >= 11 is 1.59. The number of aliphatic hydroxyl groups is 1. The summed E-state index contributed by atoms with van der Waals surface area (Å²) < 4.78 is 0. The topological polar surface area (TPSA) is 180 Å². The third-order valence-corrected chi connectivity index (χ3v) is 16.8. The average Bonchev–Trinajstić information content (AvgIpc) is 4.10. The Morgan fingerprint density at radius 1 is 0.829 bits per heavy atom. The number of β-amino-alcohol motifs (C(OH)–C–C–N with tert-alkyl or cyclic N) is 1. The van der Waals surface area contributed by atoms with Gasteiger partial charge < -0.3 is 40.5 Å². The number of aryl methyl sites for hydroxylation is 1. The van der Waals surface area contributed by atoms with E-state index in [-0.39, 0.29) is 42.4 Å². The van der Waals surface area contributed by atoms with Gasteiger partial charge in [-0.3, -0.25) is 14.4 Å². The Labute approximate surface area is 414 Å². The van der Waals surface area contributed by atoms with Crippen molar-refractivity contribution in [3.05, 3.63) is 95.1 Å². The molecule has 3 aromatic heterocycles. The summed E-state index contributed by atoms with van der Waals surface area (Å²) in [5.41, 5.74) is 8.70. The first-order valence-corrected chi connectivity index (χ1v) is 26.3. The summed E-state index contributed by atoms with van der Waals surface area (Å²) in [7, 11) is 0. The Balaban J connectivity index is 0.682. The van der Waals surface area contributed by atoms with Crippen LogP contribution in [0.3, 0.4) is 0 Å².